The lowest BCUT2D eigenvalue weighted by Gasteiger charge is -2.15. The van der Waals surface area contributed by atoms with Crippen LogP contribution >= 0.6 is 11.6 Å². The quantitative estimate of drug-likeness (QED) is 0.856. The molecule has 0 aliphatic carbocycles. The van der Waals surface area contributed by atoms with Crippen LogP contribution in [0.2, 0.25) is 5.02 Å². The molecular weight excluding hydrogens is 261 g/mol. The third kappa shape index (κ3) is 3.20. The van der Waals surface area contributed by atoms with Gasteiger partial charge in [-0.15, -0.1) is 0 Å². The maximum absolute atomic E-state index is 13.5. The number of carbonyl (C=O) groups is 2. The number of halogens is 2. The van der Waals surface area contributed by atoms with E-state index in [1.54, 1.807) is 6.92 Å². The normalized spacial score (nSPS) is 11.8. The van der Waals surface area contributed by atoms with Crippen LogP contribution in [0.25, 0.3) is 0 Å². The number of amides is 1. The zero-order valence-electron chi connectivity index (χ0n) is 10.00. The Kier molecular flexibility index (Phi) is 5.09. The van der Waals surface area contributed by atoms with E-state index in [0.717, 1.165) is 6.07 Å². The standard InChI is InChI=1S/C12H13ClFNO3/c1-3-9(12(17)18-2)15-11(16)10-7(13)5-4-6-8(10)14/h4-6,9H,3H2,1-2H3,(H,15,16). The number of benzene rings is 1. The van der Waals surface area contributed by atoms with Crippen LogP contribution in [0.5, 0.6) is 0 Å². The van der Waals surface area contributed by atoms with Gasteiger partial charge in [0.05, 0.1) is 17.7 Å². The molecule has 4 nitrogen and oxygen atoms in total. The van der Waals surface area contributed by atoms with Gasteiger partial charge in [-0.1, -0.05) is 24.6 Å². The fourth-order valence-corrected chi connectivity index (χ4v) is 1.66. The molecule has 1 aromatic carbocycles. The number of esters is 1. The second kappa shape index (κ2) is 6.35. The minimum atomic E-state index is -0.821. The van der Waals surface area contributed by atoms with Gasteiger partial charge < -0.3 is 10.1 Å². The van der Waals surface area contributed by atoms with Crippen LogP contribution in [0.4, 0.5) is 4.39 Å². The van der Waals surface area contributed by atoms with Gasteiger partial charge in [-0.05, 0) is 18.6 Å². The van der Waals surface area contributed by atoms with E-state index in [0.29, 0.717) is 6.42 Å². The molecule has 0 heterocycles. The van der Waals surface area contributed by atoms with E-state index in [1.807, 2.05) is 0 Å². The van der Waals surface area contributed by atoms with E-state index in [-0.39, 0.29) is 10.6 Å². The molecule has 0 fully saturated rings. The van der Waals surface area contributed by atoms with Crippen molar-refractivity contribution in [3.05, 3.63) is 34.6 Å². The molecule has 0 aromatic heterocycles. The van der Waals surface area contributed by atoms with Crippen LogP contribution in [0, 0.1) is 5.82 Å². The Bertz CT molecular complexity index is 444. The molecule has 1 N–H and O–H groups in total. The van der Waals surface area contributed by atoms with Crippen molar-refractivity contribution in [2.24, 2.45) is 0 Å². The average Bonchev–Trinajstić information content (AvgIpc) is 2.34. The predicted octanol–water partition coefficient (Wildman–Crippen LogP) is 2.16. The van der Waals surface area contributed by atoms with Crippen LogP contribution in [0.15, 0.2) is 18.2 Å². The summed E-state index contributed by atoms with van der Waals surface area (Å²) >= 11 is 5.75. The fraction of sp³-hybridized carbons (Fsp3) is 0.333. The molecule has 1 aromatic rings. The Balaban J connectivity index is 2.91. The zero-order valence-corrected chi connectivity index (χ0v) is 10.8. The second-order valence-electron chi connectivity index (χ2n) is 3.55. The summed E-state index contributed by atoms with van der Waals surface area (Å²) in [5.74, 6) is -2.06. The van der Waals surface area contributed by atoms with E-state index in [1.165, 1.54) is 19.2 Å². The number of carbonyl (C=O) groups excluding carboxylic acids is 2. The third-order valence-electron chi connectivity index (χ3n) is 2.39. The van der Waals surface area contributed by atoms with Crippen molar-refractivity contribution in [2.45, 2.75) is 19.4 Å². The fourth-order valence-electron chi connectivity index (χ4n) is 1.42. The Morgan fingerprint density at radius 2 is 2.17 bits per heavy atom. The zero-order chi connectivity index (χ0) is 13.7. The number of rotatable bonds is 4. The molecule has 1 rings (SSSR count). The van der Waals surface area contributed by atoms with Gasteiger partial charge >= 0.3 is 5.97 Å². The summed E-state index contributed by atoms with van der Waals surface area (Å²) in [4.78, 5) is 23.1. The summed E-state index contributed by atoms with van der Waals surface area (Å²) in [6, 6.07) is 3.10. The van der Waals surface area contributed by atoms with Gasteiger partial charge in [-0.25, -0.2) is 9.18 Å². The summed E-state index contributed by atoms with van der Waals surface area (Å²) in [6.45, 7) is 1.70. The van der Waals surface area contributed by atoms with Crippen LogP contribution < -0.4 is 5.32 Å². The van der Waals surface area contributed by atoms with E-state index in [9.17, 15) is 14.0 Å². The van der Waals surface area contributed by atoms with Crippen molar-refractivity contribution in [3.63, 3.8) is 0 Å². The highest BCUT2D eigenvalue weighted by molar-refractivity contribution is 6.33. The Labute approximate surface area is 109 Å². The third-order valence-corrected chi connectivity index (χ3v) is 2.70. The molecule has 6 heteroatoms. The molecule has 1 unspecified atom stereocenters. The SMILES string of the molecule is CCC(NC(=O)c1c(F)cccc1Cl)C(=O)OC. The smallest absolute Gasteiger partial charge is 0.328 e. The lowest BCUT2D eigenvalue weighted by atomic mass is 10.1. The van der Waals surface area contributed by atoms with Crippen LogP contribution in [0.1, 0.15) is 23.7 Å². The van der Waals surface area contributed by atoms with Crippen LogP contribution in [-0.4, -0.2) is 25.0 Å². The molecule has 1 amide bonds. The Hall–Kier alpha value is -1.62. The molecule has 0 saturated carbocycles. The Morgan fingerprint density at radius 3 is 2.67 bits per heavy atom. The molecule has 0 aliphatic rings. The van der Waals surface area contributed by atoms with E-state index < -0.39 is 23.7 Å². The largest absolute Gasteiger partial charge is 0.467 e. The van der Waals surface area contributed by atoms with Gasteiger partial charge in [0, 0.05) is 0 Å². The first kappa shape index (κ1) is 14.4. The minimum Gasteiger partial charge on any atom is -0.467 e. The first-order chi connectivity index (χ1) is 8.51. The number of hydrogen-bond donors (Lipinski definition) is 1. The minimum absolute atomic E-state index is 0.00720. The highest BCUT2D eigenvalue weighted by Crippen LogP contribution is 2.18. The summed E-state index contributed by atoms with van der Waals surface area (Å²) in [7, 11) is 1.22. The molecule has 0 spiro atoms. The van der Waals surface area contributed by atoms with Crippen LogP contribution in [-0.2, 0) is 9.53 Å². The predicted molar refractivity (Wildman–Crippen MR) is 65.0 cm³/mol. The molecule has 0 radical (unpaired) electrons. The number of nitrogens with one attached hydrogen (secondary N) is 1. The Morgan fingerprint density at radius 1 is 1.50 bits per heavy atom. The summed E-state index contributed by atoms with van der Waals surface area (Å²) < 4.78 is 18.0. The second-order valence-corrected chi connectivity index (χ2v) is 3.96. The number of ether oxygens (including phenoxy) is 1. The van der Waals surface area contributed by atoms with E-state index in [4.69, 9.17) is 11.6 Å². The maximum Gasteiger partial charge on any atom is 0.328 e. The first-order valence-corrected chi connectivity index (χ1v) is 5.71. The average molecular weight is 274 g/mol. The summed E-state index contributed by atoms with van der Waals surface area (Å²) in [5.41, 5.74) is -0.276. The summed E-state index contributed by atoms with van der Waals surface area (Å²) in [6.07, 6.45) is 0.338. The lowest BCUT2D eigenvalue weighted by Crippen LogP contribution is -2.41. The van der Waals surface area contributed by atoms with Gasteiger partial charge in [0.15, 0.2) is 0 Å². The molecule has 0 bridgehead atoms. The lowest BCUT2D eigenvalue weighted by molar-refractivity contribution is -0.142. The first-order valence-electron chi connectivity index (χ1n) is 5.34. The van der Waals surface area contributed by atoms with Crippen molar-refractivity contribution in [1.29, 1.82) is 0 Å². The van der Waals surface area contributed by atoms with Gasteiger partial charge in [-0.3, -0.25) is 4.79 Å². The highest BCUT2D eigenvalue weighted by Gasteiger charge is 2.23. The molecule has 0 aliphatic heterocycles. The maximum atomic E-state index is 13.5. The van der Waals surface area contributed by atoms with Gasteiger partial charge in [0.1, 0.15) is 11.9 Å². The molecule has 98 valence electrons. The van der Waals surface area contributed by atoms with Gasteiger partial charge in [0.2, 0.25) is 0 Å². The van der Waals surface area contributed by atoms with Crippen LogP contribution in [0.3, 0.4) is 0 Å². The van der Waals surface area contributed by atoms with E-state index in [2.05, 4.69) is 10.1 Å². The van der Waals surface area contributed by atoms with Crippen molar-refractivity contribution >= 4 is 23.5 Å². The molecule has 18 heavy (non-hydrogen) atoms. The van der Waals surface area contributed by atoms with Gasteiger partial charge in [-0.2, -0.15) is 0 Å². The molecule has 1 atom stereocenters. The summed E-state index contributed by atoms with van der Waals surface area (Å²) in [5, 5.41) is 2.37. The van der Waals surface area contributed by atoms with Crippen molar-refractivity contribution in [1.82, 2.24) is 5.32 Å². The number of methoxy groups -OCH3 is 1. The highest BCUT2D eigenvalue weighted by atomic mass is 35.5. The van der Waals surface area contributed by atoms with Crippen molar-refractivity contribution in [2.75, 3.05) is 7.11 Å². The monoisotopic (exact) mass is 273 g/mol. The molecule has 0 saturated heterocycles. The van der Waals surface area contributed by atoms with Crippen molar-refractivity contribution < 1.29 is 18.7 Å². The van der Waals surface area contributed by atoms with E-state index >= 15 is 0 Å². The van der Waals surface area contributed by atoms with Crippen molar-refractivity contribution in [3.8, 4) is 0 Å². The topological polar surface area (TPSA) is 55.4 Å². The number of hydrogen-bond acceptors (Lipinski definition) is 3. The molecular formula is C12H13ClFNO3. The van der Waals surface area contributed by atoms with Gasteiger partial charge in [0.25, 0.3) is 5.91 Å².